The van der Waals surface area contributed by atoms with Gasteiger partial charge in [0.2, 0.25) is 5.82 Å². The third-order valence-electron chi connectivity index (χ3n) is 4.86. The molecule has 0 saturated heterocycles. The van der Waals surface area contributed by atoms with Gasteiger partial charge in [-0.2, -0.15) is 4.98 Å². The van der Waals surface area contributed by atoms with Crippen molar-refractivity contribution in [2.24, 2.45) is 0 Å². The summed E-state index contributed by atoms with van der Waals surface area (Å²) in [6.45, 7) is 3.04. The molecule has 5 heterocycles. The lowest BCUT2D eigenvalue weighted by Gasteiger charge is -2.29. The number of fused-ring (bicyclic) bond motifs is 1. The molecule has 0 bridgehead atoms. The summed E-state index contributed by atoms with van der Waals surface area (Å²) < 4.78 is 5.46. The van der Waals surface area contributed by atoms with Crippen LogP contribution >= 0.6 is 11.3 Å². The summed E-state index contributed by atoms with van der Waals surface area (Å²) in [5, 5.41) is 6.17. The fraction of sp³-hybridized carbons (Fsp3) is 0.211. The number of aryl methyl sites for hydroxylation is 1. The Morgan fingerprint density at radius 2 is 2.29 bits per heavy atom. The first-order chi connectivity index (χ1) is 13.7. The van der Waals surface area contributed by atoms with Gasteiger partial charge >= 0.3 is 0 Å². The molecule has 0 radical (unpaired) electrons. The zero-order chi connectivity index (χ0) is 19.1. The first kappa shape index (κ1) is 16.8. The van der Waals surface area contributed by atoms with Gasteiger partial charge < -0.3 is 14.4 Å². The molecule has 28 heavy (non-hydrogen) atoms. The van der Waals surface area contributed by atoms with Crippen LogP contribution in [0.15, 0.2) is 40.8 Å². The van der Waals surface area contributed by atoms with Crippen LogP contribution in [0.3, 0.4) is 0 Å². The monoisotopic (exact) mass is 392 g/mol. The predicted molar refractivity (Wildman–Crippen MR) is 103 cm³/mol. The molecule has 0 spiro atoms. The Bertz CT molecular complexity index is 1130. The molecular formula is C19H16N6O2S. The predicted octanol–water partition coefficient (Wildman–Crippen LogP) is 3.09. The van der Waals surface area contributed by atoms with Crippen LogP contribution in [-0.2, 0) is 13.0 Å². The number of nitrogens with one attached hydrogen (secondary N) is 1. The van der Waals surface area contributed by atoms with Crippen LogP contribution in [0, 0.1) is 6.92 Å². The SMILES string of the molecule is Cc1ncc2c(c1-c1noc(-c3cccs3)n1)CCN(C(=O)c1cnc[nH]1)C2. The lowest BCUT2D eigenvalue weighted by molar-refractivity contribution is 0.0729. The summed E-state index contributed by atoms with van der Waals surface area (Å²) in [5.74, 6) is 0.984. The molecule has 0 fully saturated rings. The Labute approximate surface area is 164 Å². The standard InChI is InChI=1S/C19H16N6O2S/c1-11-16(17-23-18(27-24-17)15-3-2-6-28-15)13-4-5-25(9-12(13)7-21-11)19(26)14-8-20-10-22-14/h2-3,6-8,10H,4-5,9H2,1H3,(H,20,22). The highest BCUT2D eigenvalue weighted by molar-refractivity contribution is 7.13. The van der Waals surface area contributed by atoms with Crippen molar-refractivity contribution in [1.82, 2.24) is 30.0 Å². The van der Waals surface area contributed by atoms with Crippen LogP contribution in [0.1, 0.15) is 27.3 Å². The van der Waals surface area contributed by atoms with Gasteiger partial charge in [-0.15, -0.1) is 11.3 Å². The molecule has 8 nitrogen and oxygen atoms in total. The minimum absolute atomic E-state index is 0.0650. The zero-order valence-corrected chi connectivity index (χ0v) is 15.9. The third kappa shape index (κ3) is 2.80. The Morgan fingerprint density at radius 1 is 1.36 bits per heavy atom. The van der Waals surface area contributed by atoms with E-state index in [0.29, 0.717) is 36.9 Å². The highest BCUT2D eigenvalue weighted by Crippen LogP contribution is 2.32. The number of thiophene rings is 1. The second-order valence-corrected chi connectivity index (χ2v) is 7.51. The molecule has 9 heteroatoms. The van der Waals surface area contributed by atoms with Crippen LogP contribution in [0.5, 0.6) is 0 Å². The normalized spacial score (nSPS) is 13.5. The molecule has 140 valence electrons. The summed E-state index contributed by atoms with van der Waals surface area (Å²) in [6, 6.07) is 3.90. The lowest BCUT2D eigenvalue weighted by Crippen LogP contribution is -2.36. The van der Waals surface area contributed by atoms with Crippen molar-refractivity contribution in [3.63, 3.8) is 0 Å². The fourth-order valence-corrected chi connectivity index (χ4v) is 4.13. The maximum absolute atomic E-state index is 12.6. The van der Waals surface area contributed by atoms with Crippen molar-refractivity contribution in [3.8, 4) is 22.2 Å². The first-order valence-corrected chi connectivity index (χ1v) is 9.71. The van der Waals surface area contributed by atoms with E-state index in [1.165, 1.54) is 6.33 Å². The number of hydrogen-bond donors (Lipinski definition) is 1. The van der Waals surface area contributed by atoms with E-state index >= 15 is 0 Å². The fourth-order valence-electron chi connectivity index (χ4n) is 3.49. The van der Waals surface area contributed by atoms with E-state index in [4.69, 9.17) is 4.52 Å². The third-order valence-corrected chi connectivity index (χ3v) is 5.71. The molecule has 0 atom stereocenters. The van der Waals surface area contributed by atoms with Crippen LogP contribution < -0.4 is 0 Å². The number of H-pyrrole nitrogens is 1. The van der Waals surface area contributed by atoms with E-state index in [1.807, 2.05) is 30.6 Å². The number of rotatable bonds is 3. The number of aromatic nitrogens is 5. The minimum Gasteiger partial charge on any atom is -0.341 e. The van der Waals surface area contributed by atoms with Crippen LogP contribution in [0.4, 0.5) is 0 Å². The van der Waals surface area contributed by atoms with E-state index in [1.54, 1.807) is 22.4 Å². The second kappa shape index (κ2) is 6.68. The van der Waals surface area contributed by atoms with Crippen molar-refractivity contribution < 1.29 is 9.32 Å². The number of imidazole rings is 1. The molecule has 1 N–H and O–H groups in total. The molecule has 5 rings (SSSR count). The van der Waals surface area contributed by atoms with Crippen molar-refractivity contribution in [2.75, 3.05) is 6.54 Å². The van der Waals surface area contributed by atoms with Crippen LogP contribution in [-0.4, -0.2) is 42.4 Å². The number of hydrogen-bond acceptors (Lipinski definition) is 7. The lowest BCUT2D eigenvalue weighted by atomic mass is 9.94. The number of nitrogens with zero attached hydrogens (tertiary/aromatic N) is 5. The molecule has 1 aliphatic heterocycles. The molecule has 4 aromatic rings. The molecule has 0 saturated carbocycles. The number of amides is 1. The first-order valence-electron chi connectivity index (χ1n) is 8.83. The topological polar surface area (TPSA) is 101 Å². The summed E-state index contributed by atoms with van der Waals surface area (Å²) in [5.41, 5.74) is 4.37. The van der Waals surface area contributed by atoms with Gasteiger partial charge in [0.25, 0.3) is 11.8 Å². The highest BCUT2D eigenvalue weighted by atomic mass is 32.1. The van der Waals surface area contributed by atoms with E-state index < -0.39 is 0 Å². The van der Waals surface area contributed by atoms with Crippen molar-refractivity contribution >= 4 is 17.2 Å². The van der Waals surface area contributed by atoms with E-state index in [0.717, 1.165) is 27.3 Å². The maximum Gasteiger partial charge on any atom is 0.272 e. The Morgan fingerprint density at radius 3 is 3.07 bits per heavy atom. The smallest absolute Gasteiger partial charge is 0.272 e. The van der Waals surface area contributed by atoms with Gasteiger partial charge in [0.15, 0.2) is 0 Å². The molecule has 0 aromatic carbocycles. The van der Waals surface area contributed by atoms with Gasteiger partial charge in [-0.05, 0) is 35.9 Å². The molecule has 4 aromatic heterocycles. The molecule has 1 amide bonds. The Kier molecular flexibility index (Phi) is 4.01. The summed E-state index contributed by atoms with van der Waals surface area (Å²) >= 11 is 1.56. The largest absolute Gasteiger partial charge is 0.341 e. The van der Waals surface area contributed by atoms with Crippen molar-refractivity contribution in [3.05, 3.63) is 58.7 Å². The van der Waals surface area contributed by atoms with E-state index in [-0.39, 0.29) is 5.91 Å². The summed E-state index contributed by atoms with van der Waals surface area (Å²) in [4.78, 5) is 31.3. The quantitative estimate of drug-likeness (QED) is 0.575. The van der Waals surface area contributed by atoms with E-state index in [2.05, 4.69) is 25.1 Å². The second-order valence-electron chi connectivity index (χ2n) is 6.56. The van der Waals surface area contributed by atoms with Gasteiger partial charge in [-0.1, -0.05) is 11.2 Å². The van der Waals surface area contributed by atoms with Gasteiger partial charge in [-0.25, -0.2) is 4.98 Å². The molecule has 0 unspecified atom stereocenters. The Hall–Kier alpha value is -3.33. The minimum atomic E-state index is -0.0650. The number of carbonyl (C=O) groups is 1. The number of aromatic amines is 1. The van der Waals surface area contributed by atoms with Gasteiger partial charge in [0.1, 0.15) is 5.69 Å². The van der Waals surface area contributed by atoms with Gasteiger partial charge in [-0.3, -0.25) is 9.78 Å². The van der Waals surface area contributed by atoms with Gasteiger partial charge in [0.05, 0.1) is 17.4 Å². The van der Waals surface area contributed by atoms with Crippen LogP contribution in [0.25, 0.3) is 22.2 Å². The molecule has 1 aliphatic rings. The van der Waals surface area contributed by atoms with Crippen molar-refractivity contribution in [2.45, 2.75) is 19.9 Å². The summed E-state index contributed by atoms with van der Waals surface area (Å²) in [7, 11) is 0. The number of carbonyl (C=O) groups excluding carboxylic acids is 1. The van der Waals surface area contributed by atoms with Gasteiger partial charge in [0, 0.05) is 30.5 Å². The summed E-state index contributed by atoms with van der Waals surface area (Å²) in [6.07, 6.45) is 5.59. The maximum atomic E-state index is 12.6. The Balaban J connectivity index is 1.49. The average molecular weight is 392 g/mol. The van der Waals surface area contributed by atoms with Crippen LogP contribution in [0.2, 0.25) is 0 Å². The molecular weight excluding hydrogens is 376 g/mol. The zero-order valence-electron chi connectivity index (χ0n) is 15.0. The average Bonchev–Trinajstić information content (AvgIpc) is 3.49. The van der Waals surface area contributed by atoms with Crippen molar-refractivity contribution in [1.29, 1.82) is 0 Å². The number of pyridine rings is 1. The van der Waals surface area contributed by atoms with E-state index in [9.17, 15) is 4.79 Å². The highest BCUT2D eigenvalue weighted by Gasteiger charge is 2.27. The molecule has 0 aliphatic carbocycles.